The first-order chi connectivity index (χ1) is 8.21. The molecule has 0 spiro atoms. The van der Waals surface area contributed by atoms with Gasteiger partial charge in [0.05, 0.1) is 19.5 Å². The predicted octanol–water partition coefficient (Wildman–Crippen LogP) is 0.448. The molecule has 2 aromatic rings. The Hall–Kier alpha value is -2.38. The van der Waals surface area contributed by atoms with Gasteiger partial charge < -0.3 is 14.8 Å². The van der Waals surface area contributed by atoms with Crippen LogP contribution in [-0.2, 0) is 7.05 Å². The van der Waals surface area contributed by atoms with Gasteiger partial charge in [0.2, 0.25) is 5.95 Å². The molecule has 0 aliphatic heterocycles. The van der Waals surface area contributed by atoms with E-state index >= 15 is 0 Å². The van der Waals surface area contributed by atoms with Gasteiger partial charge >= 0.3 is 12.0 Å². The molecule has 1 N–H and O–H groups in total. The van der Waals surface area contributed by atoms with Gasteiger partial charge in [-0.3, -0.25) is 4.68 Å². The van der Waals surface area contributed by atoms with Gasteiger partial charge in [0, 0.05) is 14.1 Å². The Balaban J connectivity index is 2.25. The van der Waals surface area contributed by atoms with E-state index in [0.29, 0.717) is 11.7 Å². The maximum Gasteiger partial charge on any atom is 0.330 e. The Morgan fingerprint density at radius 2 is 2.00 bits per heavy atom. The number of nitrogens with one attached hydrogen (secondary N) is 1. The van der Waals surface area contributed by atoms with Crippen LogP contribution in [-0.4, -0.2) is 38.9 Å². The zero-order valence-corrected chi connectivity index (χ0v) is 9.71. The van der Waals surface area contributed by atoms with Crippen molar-refractivity contribution >= 4 is 5.95 Å². The van der Waals surface area contributed by atoms with Gasteiger partial charge in [-0.2, -0.15) is 15.1 Å². The molecule has 2 rings (SSSR count). The molecule has 0 unspecified atom stereocenters. The molecule has 8 nitrogen and oxygen atoms in total. The average molecular weight is 236 g/mol. The van der Waals surface area contributed by atoms with Crippen LogP contribution in [0.15, 0.2) is 12.4 Å². The summed E-state index contributed by atoms with van der Waals surface area (Å²) in [5, 5.41) is 6.76. The molecule has 2 heterocycles. The van der Waals surface area contributed by atoms with E-state index in [9.17, 15) is 0 Å². The number of aryl methyl sites for hydroxylation is 1. The van der Waals surface area contributed by atoms with Gasteiger partial charge in [-0.1, -0.05) is 0 Å². The lowest BCUT2D eigenvalue weighted by Gasteiger charge is -2.04. The minimum atomic E-state index is 0.147. The zero-order valence-electron chi connectivity index (χ0n) is 9.71. The van der Waals surface area contributed by atoms with Crippen molar-refractivity contribution in [2.45, 2.75) is 0 Å². The number of hydrogen-bond acceptors (Lipinski definition) is 7. The van der Waals surface area contributed by atoms with Crippen LogP contribution in [0.2, 0.25) is 0 Å². The molecular formula is C9H12N6O2. The van der Waals surface area contributed by atoms with Crippen molar-refractivity contribution in [2.75, 3.05) is 19.5 Å². The lowest BCUT2D eigenvalue weighted by Crippen LogP contribution is -2.03. The average Bonchev–Trinajstić information content (AvgIpc) is 2.74. The van der Waals surface area contributed by atoms with Crippen molar-refractivity contribution < 1.29 is 9.47 Å². The maximum atomic E-state index is 5.42. The molecule has 0 fully saturated rings. The summed E-state index contributed by atoms with van der Waals surface area (Å²) >= 11 is 0. The predicted molar refractivity (Wildman–Crippen MR) is 59.2 cm³/mol. The van der Waals surface area contributed by atoms with Crippen molar-refractivity contribution in [1.82, 2.24) is 24.7 Å². The summed E-state index contributed by atoms with van der Waals surface area (Å²) in [4.78, 5) is 12.0. The van der Waals surface area contributed by atoms with Crippen LogP contribution in [0.25, 0.3) is 0 Å². The van der Waals surface area contributed by atoms with E-state index < -0.39 is 0 Å². The van der Waals surface area contributed by atoms with E-state index in [1.165, 1.54) is 7.11 Å². The number of aromatic nitrogens is 5. The summed E-state index contributed by atoms with van der Waals surface area (Å²) in [5.41, 5.74) is 0. The van der Waals surface area contributed by atoms with E-state index in [0.717, 1.165) is 0 Å². The second-order valence-electron chi connectivity index (χ2n) is 3.13. The van der Waals surface area contributed by atoms with E-state index in [-0.39, 0.29) is 12.0 Å². The van der Waals surface area contributed by atoms with Crippen LogP contribution < -0.4 is 14.8 Å². The second kappa shape index (κ2) is 4.64. The van der Waals surface area contributed by atoms with Crippen molar-refractivity contribution in [1.29, 1.82) is 0 Å². The minimum Gasteiger partial charge on any atom is -0.467 e. The number of nitrogens with zero attached hydrogens (tertiary/aromatic N) is 5. The van der Waals surface area contributed by atoms with E-state index in [1.807, 2.05) is 0 Å². The molecule has 17 heavy (non-hydrogen) atoms. The van der Waals surface area contributed by atoms with Gasteiger partial charge in [-0.05, 0) is 0 Å². The van der Waals surface area contributed by atoms with Crippen LogP contribution in [0.5, 0.6) is 17.8 Å². The van der Waals surface area contributed by atoms with Gasteiger partial charge in [0.25, 0.3) is 0 Å². The lowest BCUT2D eigenvalue weighted by atomic mass is 10.6. The van der Waals surface area contributed by atoms with E-state index in [1.54, 1.807) is 31.2 Å². The van der Waals surface area contributed by atoms with Gasteiger partial charge in [0.15, 0.2) is 5.75 Å². The van der Waals surface area contributed by atoms with Crippen LogP contribution in [0.3, 0.4) is 0 Å². The third-order valence-corrected chi connectivity index (χ3v) is 1.89. The lowest BCUT2D eigenvalue weighted by molar-refractivity contribution is 0.360. The largest absolute Gasteiger partial charge is 0.467 e. The molecule has 90 valence electrons. The van der Waals surface area contributed by atoms with Crippen LogP contribution in [0, 0.1) is 0 Å². The standard InChI is InChI=1S/C9H12N6O2/c1-10-7-12-8(16-3)14-9(13-7)17-6-4-11-15(2)5-6/h4-5H,1-3H3,(H,10,12,13,14). The Morgan fingerprint density at radius 1 is 1.24 bits per heavy atom. The van der Waals surface area contributed by atoms with Crippen molar-refractivity contribution in [3.05, 3.63) is 12.4 Å². The van der Waals surface area contributed by atoms with Crippen LogP contribution in [0.4, 0.5) is 5.95 Å². The molecule has 0 aliphatic rings. The molecule has 0 radical (unpaired) electrons. The molecule has 0 aromatic carbocycles. The first kappa shape index (κ1) is 11.1. The van der Waals surface area contributed by atoms with Gasteiger partial charge in [-0.25, -0.2) is 0 Å². The summed E-state index contributed by atoms with van der Waals surface area (Å²) in [6, 6.07) is 0.331. The summed E-state index contributed by atoms with van der Waals surface area (Å²) in [6.07, 6.45) is 3.27. The van der Waals surface area contributed by atoms with Gasteiger partial charge in [-0.15, -0.1) is 4.98 Å². The molecule has 0 amide bonds. The Labute approximate surface area is 97.6 Å². The highest BCUT2D eigenvalue weighted by Gasteiger charge is 2.08. The second-order valence-corrected chi connectivity index (χ2v) is 3.13. The highest BCUT2D eigenvalue weighted by molar-refractivity contribution is 5.28. The monoisotopic (exact) mass is 236 g/mol. The molecule has 0 atom stereocenters. The molecule has 0 aliphatic carbocycles. The summed E-state index contributed by atoms with van der Waals surface area (Å²) in [7, 11) is 4.96. The highest BCUT2D eigenvalue weighted by atomic mass is 16.5. The molecule has 0 saturated carbocycles. The molecular weight excluding hydrogens is 224 g/mol. The van der Waals surface area contributed by atoms with Crippen LogP contribution in [0.1, 0.15) is 0 Å². The first-order valence-corrected chi connectivity index (χ1v) is 4.85. The summed E-state index contributed by atoms with van der Waals surface area (Å²) in [5.74, 6) is 0.915. The molecule has 8 heteroatoms. The van der Waals surface area contributed by atoms with Crippen molar-refractivity contribution in [3.8, 4) is 17.8 Å². The minimum absolute atomic E-state index is 0.147. The molecule has 2 aromatic heterocycles. The Morgan fingerprint density at radius 3 is 2.59 bits per heavy atom. The van der Waals surface area contributed by atoms with Gasteiger partial charge in [0.1, 0.15) is 0 Å². The normalized spacial score (nSPS) is 10.1. The number of rotatable bonds is 4. The topological polar surface area (TPSA) is 87.0 Å². The van der Waals surface area contributed by atoms with Crippen molar-refractivity contribution in [3.63, 3.8) is 0 Å². The smallest absolute Gasteiger partial charge is 0.330 e. The Kier molecular flexibility index (Phi) is 3.03. The summed E-state index contributed by atoms with van der Waals surface area (Å²) < 4.78 is 12.0. The number of anilines is 1. The highest BCUT2D eigenvalue weighted by Crippen LogP contribution is 2.19. The fourth-order valence-electron chi connectivity index (χ4n) is 1.14. The third-order valence-electron chi connectivity index (χ3n) is 1.89. The first-order valence-electron chi connectivity index (χ1n) is 4.85. The third kappa shape index (κ3) is 2.60. The Bertz CT molecular complexity index is 490. The van der Waals surface area contributed by atoms with E-state index in [2.05, 4.69) is 25.4 Å². The van der Waals surface area contributed by atoms with Crippen LogP contribution >= 0.6 is 0 Å². The molecule has 0 saturated heterocycles. The fourth-order valence-corrected chi connectivity index (χ4v) is 1.14. The SMILES string of the molecule is CNc1nc(OC)nc(Oc2cnn(C)c2)n1. The number of ether oxygens (including phenoxy) is 2. The molecule has 0 bridgehead atoms. The number of methoxy groups -OCH3 is 1. The zero-order chi connectivity index (χ0) is 12.3. The quantitative estimate of drug-likeness (QED) is 0.824. The number of hydrogen-bond donors (Lipinski definition) is 1. The van der Waals surface area contributed by atoms with E-state index in [4.69, 9.17) is 9.47 Å². The van der Waals surface area contributed by atoms with Crippen molar-refractivity contribution in [2.24, 2.45) is 7.05 Å². The maximum absolute atomic E-state index is 5.42. The summed E-state index contributed by atoms with van der Waals surface area (Å²) in [6.45, 7) is 0. The fraction of sp³-hybridized carbons (Fsp3) is 0.333.